The summed E-state index contributed by atoms with van der Waals surface area (Å²) in [6.45, 7) is 9.76. The lowest BCUT2D eigenvalue weighted by molar-refractivity contribution is 0.0168. The standard InChI is InChI=1S/C20H28N2O2S/c1-15-12-17(5-6-19(15)23-3)13-21-14-18(20-7-4-16(2)25-20)22-8-10-24-11-9-22/h4-7,12,18,21H,8-11,13-14H2,1-3H3. The molecule has 3 rings (SSSR count). The van der Waals surface area contributed by atoms with Gasteiger partial charge in [-0.25, -0.2) is 0 Å². The molecule has 2 aromatic rings. The van der Waals surface area contributed by atoms with Gasteiger partial charge in [-0.1, -0.05) is 12.1 Å². The quantitative estimate of drug-likeness (QED) is 0.819. The highest BCUT2D eigenvalue weighted by Gasteiger charge is 2.23. The first-order valence-electron chi connectivity index (χ1n) is 8.89. The van der Waals surface area contributed by atoms with Crippen molar-refractivity contribution in [1.29, 1.82) is 0 Å². The van der Waals surface area contributed by atoms with E-state index in [-0.39, 0.29) is 0 Å². The van der Waals surface area contributed by atoms with Crippen LogP contribution in [0.15, 0.2) is 30.3 Å². The number of morpholine rings is 1. The molecule has 0 radical (unpaired) electrons. The smallest absolute Gasteiger partial charge is 0.121 e. The Hall–Kier alpha value is -1.40. The fraction of sp³-hybridized carbons (Fsp3) is 0.500. The van der Waals surface area contributed by atoms with Crippen molar-refractivity contribution < 1.29 is 9.47 Å². The SMILES string of the molecule is COc1ccc(CNCC(c2ccc(C)s2)N2CCOCC2)cc1C. The molecule has 1 aromatic carbocycles. The molecule has 1 aliphatic heterocycles. The lowest BCUT2D eigenvalue weighted by Crippen LogP contribution is -2.42. The number of thiophene rings is 1. The average Bonchev–Trinajstić information content (AvgIpc) is 3.05. The maximum Gasteiger partial charge on any atom is 0.121 e. The van der Waals surface area contributed by atoms with Crippen molar-refractivity contribution >= 4 is 11.3 Å². The Kier molecular flexibility index (Phi) is 6.48. The topological polar surface area (TPSA) is 33.7 Å². The van der Waals surface area contributed by atoms with Gasteiger partial charge in [0.25, 0.3) is 0 Å². The Morgan fingerprint density at radius 1 is 1.20 bits per heavy atom. The van der Waals surface area contributed by atoms with Gasteiger partial charge < -0.3 is 14.8 Å². The number of ether oxygens (including phenoxy) is 2. The van der Waals surface area contributed by atoms with E-state index in [1.165, 1.54) is 20.9 Å². The molecule has 1 N–H and O–H groups in total. The maximum absolute atomic E-state index is 5.53. The second kappa shape index (κ2) is 8.81. The third kappa shape index (κ3) is 4.82. The molecular weight excluding hydrogens is 332 g/mol. The van der Waals surface area contributed by atoms with Gasteiger partial charge in [0.1, 0.15) is 5.75 Å². The van der Waals surface area contributed by atoms with Gasteiger partial charge in [-0.05, 0) is 43.2 Å². The van der Waals surface area contributed by atoms with Crippen molar-refractivity contribution in [3.63, 3.8) is 0 Å². The van der Waals surface area contributed by atoms with Crippen LogP contribution >= 0.6 is 11.3 Å². The number of benzene rings is 1. The summed E-state index contributed by atoms with van der Waals surface area (Å²) in [5.41, 5.74) is 2.47. The van der Waals surface area contributed by atoms with E-state index in [2.05, 4.69) is 54.4 Å². The van der Waals surface area contributed by atoms with Crippen LogP contribution in [0.1, 0.15) is 26.9 Å². The van der Waals surface area contributed by atoms with Gasteiger partial charge in [-0.3, -0.25) is 4.90 Å². The van der Waals surface area contributed by atoms with E-state index in [1.807, 2.05) is 11.3 Å². The highest BCUT2D eigenvalue weighted by Crippen LogP contribution is 2.28. The molecular formula is C20H28N2O2S. The number of rotatable bonds is 7. The third-order valence-electron chi connectivity index (χ3n) is 4.70. The lowest BCUT2D eigenvalue weighted by atomic mass is 10.1. The van der Waals surface area contributed by atoms with Gasteiger partial charge in [-0.15, -0.1) is 11.3 Å². The summed E-state index contributed by atoms with van der Waals surface area (Å²) in [4.78, 5) is 5.36. The van der Waals surface area contributed by atoms with E-state index >= 15 is 0 Å². The molecule has 1 aromatic heterocycles. The number of hydrogen-bond donors (Lipinski definition) is 1. The normalized spacial score (nSPS) is 16.8. The summed E-state index contributed by atoms with van der Waals surface area (Å²) < 4.78 is 10.9. The van der Waals surface area contributed by atoms with Crippen molar-refractivity contribution in [2.75, 3.05) is 40.0 Å². The van der Waals surface area contributed by atoms with Crippen molar-refractivity contribution in [2.24, 2.45) is 0 Å². The molecule has 2 heterocycles. The van der Waals surface area contributed by atoms with E-state index in [0.717, 1.165) is 45.1 Å². The molecule has 0 aliphatic carbocycles. The summed E-state index contributed by atoms with van der Waals surface area (Å²) in [5, 5.41) is 3.65. The zero-order valence-corrected chi connectivity index (χ0v) is 16.2. The van der Waals surface area contributed by atoms with Crippen molar-refractivity contribution in [2.45, 2.75) is 26.4 Å². The predicted molar refractivity (Wildman–Crippen MR) is 104 cm³/mol. The van der Waals surface area contributed by atoms with Gasteiger partial charge in [0, 0.05) is 35.9 Å². The molecule has 0 bridgehead atoms. The molecule has 1 saturated heterocycles. The zero-order chi connectivity index (χ0) is 17.6. The molecule has 4 nitrogen and oxygen atoms in total. The molecule has 0 amide bonds. The Bertz CT molecular complexity index is 680. The van der Waals surface area contributed by atoms with E-state index < -0.39 is 0 Å². The van der Waals surface area contributed by atoms with Crippen LogP contribution in [0.2, 0.25) is 0 Å². The number of aryl methyl sites for hydroxylation is 2. The minimum atomic E-state index is 0.418. The summed E-state index contributed by atoms with van der Waals surface area (Å²) in [7, 11) is 1.72. The molecule has 5 heteroatoms. The van der Waals surface area contributed by atoms with Crippen LogP contribution in [0.25, 0.3) is 0 Å². The van der Waals surface area contributed by atoms with E-state index in [9.17, 15) is 0 Å². The number of nitrogens with zero attached hydrogens (tertiary/aromatic N) is 1. The van der Waals surface area contributed by atoms with Crippen LogP contribution in [-0.2, 0) is 11.3 Å². The first-order chi connectivity index (χ1) is 12.2. The summed E-state index contributed by atoms with van der Waals surface area (Å²) in [6, 6.07) is 11.3. The molecule has 0 spiro atoms. The van der Waals surface area contributed by atoms with Crippen LogP contribution in [0.5, 0.6) is 5.75 Å². The van der Waals surface area contributed by atoms with Crippen LogP contribution in [0, 0.1) is 13.8 Å². The first-order valence-corrected chi connectivity index (χ1v) is 9.71. The van der Waals surface area contributed by atoms with Crippen molar-refractivity contribution in [3.05, 3.63) is 51.2 Å². The van der Waals surface area contributed by atoms with E-state index in [1.54, 1.807) is 7.11 Å². The monoisotopic (exact) mass is 360 g/mol. The Balaban J connectivity index is 1.63. The summed E-state index contributed by atoms with van der Waals surface area (Å²) in [5.74, 6) is 0.948. The third-order valence-corrected chi connectivity index (χ3v) is 5.80. The number of methoxy groups -OCH3 is 1. The maximum atomic E-state index is 5.53. The van der Waals surface area contributed by atoms with Gasteiger partial charge >= 0.3 is 0 Å². The Morgan fingerprint density at radius 3 is 2.64 bits per heavy atom. The number of nitrogens with one attached hydrogen (secondary N) is 1. The minimum absolute atomic E-state index is 0.418. The fourth-order valence-electron chi connectivity index (χ4n) is 3.34. The fourth-order valence-corrected chi connectivity index (χ4v) is 4.35. The van der Waals surface area contributed by atoms with Gasteiger partial charge in [-0.2, -0.15) is 0 Å². The molecule has 1 unspecified atom stereocenters. The summed E-state index contributed by atoms with van der Waals surface area (Å²) in [6.07, 6.45) is 0. The summed E-state index contributed by atoms with van der Waals surface area (Å²) >= 11 is 1.90. The zero-order valence-electron chi connectivity index (χ0n) is 15.4. The lowest BCUT2D eigenvalue weighted by Gasteiger charge is -2.34. The Morgan fingerprint density at radius 2 is 2.00 bits per heavy atom. The second-order valence-corrected chi connectivity index (χ2v) is 7.87. The van der Waals surface area contributed by atoms with Crippen LogP contribution < -0.4 is 10.1 Å². The first kappa shape index (κ1) is 18.4. The second-order valence-electron chi connectivity index (χ2n) is 6.55. The Labute approximate surface area is 154 Å². The van der Waals surface area contributed by atoms with Crippen LogP contribution in [-0.4, -0.2) is 44.9 Å². The van der Waals surface area contributed by atoms with Gasteiger partial charge in [0.05, 0.1) is 26.4 Å². The highest BCUT2D eigenvalue weighted by atomic mass is 32.1. The molecule has 0 saturated carbocycles. The van der Waals surface area contributed by atoms with Gasteiger partial charge in [0.15, 0.2) is 0 Å². The molecule has 25 heavy (non-hydrogen) atoms. The molecule has 1 fully saturated rings. The minimum Gasteiger partial charge on any atom is -0.496 e. The van der Waals surface area contributed by atoms with Gasteiger partial charge in [0.2, 0.25) is 0 Å². The van der Waals surface area contributed by atoms with Crippen molar-refractivity contribution in [3.8, 4) is 5.75 Å². The van der Waals surface area contributed by atoms with E-state index in [0.29, 0.717) is 6.04 Å². The molecule has 136 valence electrons. The van der Waals surface area contributed by atoms with Crippen molar-refractivity contribution in [1.82, 2.24) is 10.2 Å². The van der Waals surface area contributed by atoms with Crippen LogP contribution in [0.4, 0.5) is 0 Å². The van der Waals surface area contributed by atoms with E-state index in [4.69, 9.17) is 9.47 Å². The number of hydrogen-bond acceptors (Lipinski definition) is 5. The highest BCUT2D eigenvalue weighted by molar-refractivity contribution is 7.12. The largest absolute Gasteiger partial charge is 0.496 e. The average molecular weight is 361 g/mol. The predicted octanol–water partition coefficient (Wildman–Crippen LogP) is 3.54. The molecule has 1 aliphatic rings. The molecule has 1 atom stereocenters. The van der Waals surface area contributed by atoms with Crippen LogP contribution in [0.3, 0.4) is 0 Å².